The zero-order valence-corrected chi connectivity index (χ0v) is 10.7. The van der Waals surface area contributed by atoms with Crippen LogP contribution >= 0.6 is 0 Å². The van der Waals surface area contributed by atoms with E-state index in [1.165, 1.54) is 0 Å². The molecule has 0 aliphatic carbocycles. The van der Waals surface area contributed by atoms with Gasteiger partial charge < -0.3 is 14.6 Å². The first-order chi connectivity index (χ1) is 7.86. The highest BCUT2D eigenvalue weighted by Gasteiger charge is 2.52. The molecular formula is C12H17BN2O2. The minimum Gasteiger partial charge on any atom is -0.399 e. The van der Waals surface area contributed by atoms with E-state index in [1.807, 2.05) is 33.8 Å². The second-order valence-corrected chi connectivity index (χ2v) is 5.37. The van der Waals surface area contributed by atoms with Gasteiger partial charge in [0.2, 0.25) is 0 Å². The van der Waals surface area contributed by atoms with Crippen molar-refractivity contribution >= 4 is 7.12 Å². The Morgan fingerprint density at radius 3 is 2.29 bits per heavy atom. The van der Waals surface area contributed by atoms with E-state index in [9.17, 15) is 0 Å². The fourth-order valence-electron chi connectivity index (χ4n) is 1.70. The van der Waals surface area contributed by atoms with Crippen LogP contribution in [0.4, 0.5) is 0 Å². The lowest BCUT2D eigenvalue weighted by atomic mass is 9.77. The van der Waals surface area contributed by atoms with Crippen LogP contribution < -0.4 is 5.32 Å². The fourth-order valence-corrected chi connectivity index (χ4v) is 1.70. The second kappa shape index (κ2) is 3.90. The topological polar surface area (TPSA) is 54.3 Å². The van der Waals surface area contributed by atoms with Crippen molar-refractivity contribution in [1.82, 2.24) is 5.32 Å². The van der Waals surface area contributed by atoms with E-state index in [4.69, 9.17) is 14.6 Å². The monoisotopic (exact) mass is 232 g/mol. The van der Waals surface area contributed by atoms with Gasteiger partial charge in [-0.1, -0.05) is 6.08 Å². The van der Waals surface area contributed by atoms with Gasteiger partial charge in [0.1, 0.15) is 6.04 Å². The Morgan fingerprint density at radius 2 is 1.88 bits per heavy atom. The molecular weight excluding hydrogens is 215 g/mol. The molecule has 0 aromatic heterocycles. The van der Waals surface area contributed by atoms with Crippen molar-refractivity contribution in [3.63, 3.8) is 0 Å². The summed E-state index contributed by atoms with van der Waals surface area (Å²) in [4.78, 5) is 0. The van der Waals surface area contributed by atoms with Crippen molar-refractivity contribution in [3.8, 4) is 6.07 Å². The SMILES string of the molecule is CC1(C)OB(C2=CNC(C#N)C=C2)OC1(C)C. The molecule has 2 rings (SSSR count). The van der Waals surface area contributed by atoms with Gasteiger partial charge in [0.25, 0.3) is 0 Å². The zero-order chi connectivity index (χ0) is 12.7. The Balaban J connectivity index is 2.11. The molecule has 1 atom stereocenters. The molecule has 0 radical (unpaired) electrons. The summed E-state index contributed by atoms with van der Waals surface area (Å²) in [7, 11) is -0.372. The van der Waals surface area contributed by atoms with Gasteiger partial charge in [-0.3, -0.25) is 0 Å². The summed E-state index contributed by atoms with van der Waals surface area (Å²) in [6, 6.07) is 1.86. The van der Waals surface area contributed by atoms with Gasteiger partial charge in [0.05, 0.1) is 17.3 Å². The first kappa shape index (κ1) is 12.2. The summed E-state index contributed by atoms with van der Waals surface area (Å²) in [6.45, 7) is 8.08. The van der Waals surface area contributed by atoms with E-state index < -0.39 is 0 Å². The van der Waals surface area contributed by atoms with E-state index in [0.717, 1.165) is 5.47 Å². The molecule has 1 N–H and O–H groups in total. The highest BCUT2D eigenvalue weighted by atomic mass is 16.7. The molecule has 0 spiro atoms. The van der Waals surface area contributed by atoms with Gasteiger partial charge >= 0.3 is 7.12 Å². The van der Waals surface area contributed by atoms with Crippen LogP contribution in [-0.4, -0.2) is 24.4 Å². The summed E-state index contributed by atoms with van der Waals surface area (Å²) in [5.74, 6) is 0. The van der Waals surface area contributed by atoms with Crippen molar-refractivity contribution in [2.45, 2.75) is 44.9 Å². The van der Waals surface area contributed by atoms with Crippen molar-refractivity contribution in [3.05, 3.63) is 23.8 Å². The van der Waals surface area contributed by atoms with Crippen LogP contribution in [0.25, 0.3) is 0 Å². The van der Waals surface area contributed by atoms with Gasteiger partial charge in [-0.05, 0) is 45.4 Å². The van der Waals surface area contributed by atoms with Crippen LogP contribution in [0.15, 0.2) is 23.8 Å². The van der Waals surface area contributed by atoms with Crippen LogP contribution in [0.2, 0.25) is 0 Å². The van der Waals surface area contributed by atoms with E-state index in [0.29, 0.717) is 0 Å². The minimum atomic E-state index is -0.372. The number of nitrogens with zero attached hydrogens (tertiary/aromatic N) is 1. The molecule has 0 amide bonds. The highest BCUT2D eigenvalue weighted by Crippen LogP contribution is 2.38. The van der Waals surface area contributed by atoms with Gasteiger partial charge in [-0.25, -0.2) is 0 Å². The molecule has 17 heavy (non-hydrogen) atoms. The summed E-state index contributed by atoms with van der Waals surface area (Å²) >= 11 is 0. The van der Waals surface area contributed by atoms with Crippen molar-refractivity contribution < 1.29 is 9.31 Å². The molecule has 0 bridgehead atoms. The maximum absolute atomic E-state index is 8.75. The van der Waals surface area contributed by atoms with E-state index in [2.05, 4.69) is 11.4 Å². The molecule has 0 aromatic rings. The quantitative estimate of drug-likeness (QED) is 0.697. The Morgan fingerprint density at radius 1 is 1.29 bits per heavy atom. The minimum absolute atomic E-state index is 0.263. The van der Waals surface area contributed by atoms with Gasteiger partial charge in [-0.2, -0.15) is 5.26 Å². The average molecular weight is 232 g/mol. The van der Waals surface area contributed by atoms with Crippen LogP contribution in [0.3, 0.4) is 0 Å². The largest absolute Gasteiger partial charge is 0.496 e. The molecule has 2 aliphatic rings. The molecule has 4 nitrogen and oxygen atoms in total. The summed E-state index contributed by atoms with van der Waals surface area (Å²) < 4.78 is 11.8. The summed E-state index contributed by atoms with van der Waals surface area (Å²) in [5.41, 5.74) is 0.242. The first-order valence-corrected chi connectivity index (χ1v) is 5.75. The third-order valence-corrected chi connectivity index (χ3v) is 3.58. The maximum Gasteiger partial charge on any atom is 0.496 e. The molecule has 2 aliphatic heterocycles. The smallest absolute Gasteiger partial charge is 0.399 e. The van der Waals surface area contributed by atoms with Crippen LogP contribution in [-0.2, 0) is 9.31 Å². The highest BCUT2D eigenvalue weighted by molar-refractivity contribution is 6.55. The number of nitriles is 1. The number of hydrogen-bond donors (Lipinski definition) is 1. The number of rotatable bonds is 1. The van der Waals surface area contributed by atoms with Crippen molar-refractivity contribution in [2.24, 2.45) is 0 Å². The van der Waals surface area contributed by atoms with Crippen molar-refractivity contribution in [1.29, 1.82) is 5.26 Å². The van der Waals surface area contributed by atoms with E-state index in [1.54, 1.807) is 12.3 Å². The Labute approximate surface area is 102 Å². The number of nitrogens with one attached hydrogen (secondary N) is 1. The predicted molar refractivity (Wildman–Crippen MR) is 65.8 cm³/mol. The second-order valence-electron chi connectivity index (χ2n) is 5.37. The Hall–Kier alpha value is -1.25. The number of dihydropyridines is 1. The Kier molecular flexibility index (Phi) is 2.80. The standard InChI is InChI=1S/C12H17BN2O2/c1-11(2)12(3,4)17-13(16-11)9-5-6-10(7-14)15-8-9/h5-6,8,10,15H,1-4H3. The molecule has 1 fully saturated rings. The third kappa shape index (κ3) is 2.11. The zero-order valence-electron chi connectivity index (χ0n) is 10.7. The predicted octanol–water partition coefficient (Wildman–Crippen LogP) is 1.55. The van der Waals surface area contributed by atoms with E-state index in [-0.39, 0.29) is 24.4 Å². The third-order valence-electron chi connectivity index (χ3n) is 3.58. The Bertz CT molecular complexity index is 405. The van der Waals surface area contributed by atoms with Crippen LogP contribution in [0, 0.1) is 11.3 Å². The first-order valence-electron chi connectivity index (χ1n) is 5.75. The molecule has 90 valence electrons. The normalized spacial score (nSPS) is 29.5. The fraction of sp³-hybridized carbons (Fsp3) is 0.583. The van der Waals surface area contributed by atoms with E-state index >= 15 is 0 Å². The summed E-state index contributed by atoms with van der Waals surface area (Å²) in [6.07, 6.45) is 5.48. The average Bonchev–Trinajstić information content (AvgIpc) is 2.48. The lowest BCUT2D eigenvalue weighted by Crippen LogP contribution is -2.41. The van der Waals surface area contributed by atoms with Gasteiger partial charge in [0.15, 0.2) is 0 Å². The van der Waals surface area contributed by atoms with Crippen LogP contribution in [0.1, 0.15) is 27.7 Å². The molecule has 0 saturated carbocycles. The molecule has 5 heteroatoms. The molecule has 0 aromatic carbocycles. The molecule has 2 heterocycles. The van der Waals surface area contributed by atoms with Crippen molar-refractivity contribution in [2.75, 3.05) is 0 Å². The van der Waals surface area contributed by atoms with Crippen LogP contribution in [0.5, 0.6) is 0 Å². The van der Waals surface area contributed by atoms with Gasteiger partial charge in [0, 0.05) is 0 Å². The number of allylic oxidation sites excluding steroid dienone is 2. The summed E-state index contributed by atoms with van der Waals surface area (Å²) in [5, 5.41) is 11.7. The molecule has 1 unspecified atom stereocenters. The lowest BCUT2D eigenvalue weighted by molar-refractivity contribution is 0.00578. The lowest BCUT2D eigenvalue weighted by Gasteiger charge is -2.32. The molecule has 1 saturated heterocycles. The van der Waals surface area contributed by atoms with Gasteiger partial charge in [-0.15, -0.1) is 0 Å². The number of hydrogen-bond acceptors (Lipinski definition) is 4. The maximum atomic E-state index is 8.75.